The fraction of sp³-hybridized carbons (Fsp3) is 0.529. The Morgan fingerprint density at radius 1 is 1.24 bits per heavy atom. The first-order valence-corrected chi connectivity index (χ1v) is 8.16. The van der Waals surface area contributed by atoms with Crippen LogP contribution >= 0.6 is 0 Å². The molecule has 1 saturated heterocycles. The van der Waals surface area contributed by atoms with Crippen LogP contribution in [0.5, 0.6) is 11.5 Å². The molecule has 6 nitrogen and oxygen atoms in total. The van der Waals surface area contributed by atoms with E-state index in [1.807, 2.05) is 0 Å². The van der Waals surface area contributed by atoms with Gasteiger partial charge in [0.2, 0.25) is 0 Å². The van der Waals surface area contributed by atoms with E-state index in [1.165, 1.54) is 31.5 Å². The highest BCUT2D eigenvalue weighted by Gasteiger charge is 2.15. The average molecular weight is 356 g/mol. The number of carbonyl (C=O) groups is 1. The standard InChI is InChI=1S/C17H22F2N2O4/c1-23-15-10-13(6-7-14(15)25-17(18)19)11-20-24-12-16(22)21-8-4-2-3-5-9-21/h6-7,10-11,17H,2-5,8-9,12H2,1H3. The second kappa shape index (κ2) is 9.80. The number of carbonyl (C=O) groups excluding carboxylic acids is 1. The second-order valence-electron chi connectivity index (χ2n) is 5.59. The normalized spacial score (nSPS) is 15.3. The van der Waals surface area contributed by atoms with Crippen LogP contribution < -0.4 is 9.47 Å². The smallest absolute Gasteiger partial charge is 0.387 e. The first kappa shape index (κ1) is 19.0. The molecular formula is C17H22F2N2O4. The number of benzene rings is 1. The topological polar surface area (TPSA) is 60.4 Å². The fourth-order valence-electron chi connectivity index (χ4n) is 2.56. The molecule has 25 heavy (non-hydrogen) atoms. The molecule has 0 N–H and O–H groups in total. The van der Waals surface area contributed by atoms with Crippen LogP contribution in [0.15, 0.2) is 23.4 Å². The fourth-order valence-corrected chi connectivity index (χ4v) is 2.56. The Bertz CT molecular complexity index is 588. The van der Waals surface area contributed by atoms with Gasteiger partial charge in [0.1, 0.15) is 0 Å². The Morgan fingerprint density at radius 2 is 1.96 bits per heavy atom. The lowest BCUT2D eigenvalue weighted by Gasteiger charge is -2.19. The molecule has 0 atom stereocenters. The summed E-state index contributed by atoms with van der Waals surface area (Å²) in [6.07, 6.45) is 5.71. The number of halogens is 2. The highest BCUT2D eigenvalue weighted by atomic mass is 19.3. The van der Waals surface area contributed by atoms with Crippen LogP contribution in [-0.4, -0.2) is 50.4 Å². The number of methoxy groups -OCH3 is 1. The zero-order valence-electron chi connectivity index (χ0n) is 14.1. The molecule has 1 aliphatic heterocycles. The predicted molar refractivity (Wildman–Crippen MR) is 88.2 cm³/mol. The third-order valence-electron chi connectivity index (χ3n) is 3.83. The summed E-state index contributed by atoms with van der Waals surface area (Å²) in [5.74, 6) is 0.00844. The van der Waals surface area contributed by atoms with Gasteiger partial charge in [-0.25, -0.2) is 0 Å². The number of likely N-dealkylation sites (tertiary alicyclic amines) is 1. The van der Waals surface area contributed by atoms with Gasteiger partial charge in [0.05, 0.1) is 13.3 Å². The van der Waals surface area contributed by atoms with Crippen molar-refractivity contribution in [1.82, 2.24) is 4.90 Å². The lowest BCUT2D eigenvalue weighted by molar-refractivity contribution is -0.136. The van der Waals surface area contributed by atoms with Crippen LogP contribution in [0.25, 0.3) is 0 Å². The third-order valence-corrected chi connectivity index (χ3v) is 3.83. The first-order valence-electron chi connectivity index (χ1n) is 8.16. The number of alkyl halides is 2. The van der Waals surface area contributed by atoms with Gasteiger partial charge in [0.25, 0.3) is 5.91 Å². The highest BCUT2D eigenvalue weighted by molar-refractivity contribution is 5.81. The molecule has 1 amide bonds. The molecule has 0 unspecified atom stereocenters. The summed E-state index contributed by atoms with van der Waals surface area (Å²) in [7, 11) is 1.35. The number of rotatable bonds is 7. The van der Waals surface area contributed by atoms with Crippen molar-refractivity contribution in [2.75, 3.05) is 26.8 Å². The Kier molecular flexibility index (Phi) is 7.43. The number of nitrogens with zero attached hydrogens (tertiary/aromatic N) is 2. The maximum Gasteiger partial charge on any atom is 0.387 e. The number of amides is 1. The maximum atomic E-state index is 12.3. The van der Waals surface area contributed by atoms with Crippen LogP contribution in [0, 0.1) is 0 Å². The van der Waals surface area contributed by atoms with Gasteiger partial charge in [-0.15, -0.1) is 0 Å². The van der Waals surface area contributed by atoms with Crippen molar-refractivity contribution < 1.29 is 27.9 Å². The van der Waals surface area contributed by atoms with Gasteiger partial charge in [-0.3, -0.25) is 4.79 Å². The SMILES string of the molecule is COc1cc(C=NOCC(=O)N2CCCCCC2)ccc1OC(F)F. The molecule has 0 aromatic heterocycles. The van der Waals surface area contributed by atoms with E-state index in [9.17, 15) is 13.6 Å². The Morgan fingerprint density at radius 3 is 2.60 bits per heavy atom. The summed E-state index contributed by atoms with van der Waals surface area (Å²) in [4.78, 5) is 18.9. The van der Waals surface area contributed by atoms with E-state index >= 15 is 0 Å². The van der Waals surface area contributed by atoms with Crippen LogP contribution in [0.2, 0.25) is 0 Å². The Hall–Kier alpha value is -2.38. The van der Waals surface area contributed by atoms with Crippen molar-refractivity contribution in [1.29, 1.82) is 0 Å². The molecule has 1 fully saturated rings. The lowest BCUT2D eigenvalue weighted by Crippen LogP contribution is -2.34. The molecule has 1 aliphatic rings. The maximum absolute atomic E-state index is 12.3. The lowest BCUT2D eigenvalue weighted by atomic mass is 10.2. The van der Waals surface area contributed by atoms with Gasteiger partial charge in [-0.05, 0) is 31.0 Å². The summed E-state index contributed by atoms with van der Waals surface area (Å²) in [6, 6.07) is 4.37. The molecule has 2 rings (SSSR count). The average Bonchev–Trinajstić information content (AvgIpc) is 2.88. The van der Waals surface area contributed by atoms with Crippen molar-refractivity contribution in [2.24, 2.45) is 5.16 Å². The zero-order chi connectivity index (χ0) is 18.1. The molecule has 0 bridgehead atoms. The Labute approximate surface area is 145 Å². The summed E-state index contributed by atoms with van der Waals surface area (Å²) >= 11 is 0. The van der Waals surface area contributed by atoms with Gasteiger partial charge in [0.15, 0.2) is 18.1 Å². The molecule has 1 aromatic rings. The monoisotopic (exact) mass is 356 g/mol. The van der Waals surface area contributed by atoms with Gasteiger partial charge in [-0.1, -0.05) is 18.0 Å². The predicted octanol–water partition coefficient (Wildman–Crippen LogP) is 3.05. The van der Waals surface area contributed by atoms with E-state index in [4.69, 9.17) is 9.57 Å². The van der Waals surface area contributed by atoms with Crippen molar-refractivity contribution in [3.05, 3.63) is 23.8 Å². The molecule has 1 aromatic carbocycles. The molecular weight excluding hydrogens is 334 g/mol. The van der Waals surface area contributed by atoms with Gasteiger partial charge in [0, 0.05) is 18.7 Å². The minimum atomic E-state index is -2.93. The molecule has 0 radical (unpaired) electrons. The summed E-state index contributed by atoms with van der Waals surface area (Å²) in [5, 5.41) is 3.75. The van der Waals surface area contributed by atoms with E-state index in [1.54, 1.807) is 4.90 Å². The van der Waals surface area contributed by atoms with E-state index in [-0.39, 0.29) is 24.0 Å². The number of ether oxygens (including phenoxy) is 2. The van der Waals surface area contributed by atoms with Crippen LogP contribution in [0.4, 0.5) is 8.78 Å². The largest absolute Gasteiger partial charge is 0.493 e. The zero-order valence-corrected chi connectivity index (χ0v) is 14.1. The molecule has 0 saturated carbocycles. The van der Waals surface area contributed by atoms with Gasteiger partial charge < -0.3 is 19.2 Å². The summed E-state index contributed by atoms with van der Waals surface area (Å²) in [5.41, 5.74) is 0.570. The highest BCUT2D eigenvalue weighted by Crippen LogP contribution is 2.28. The minimum absolute atomic E-state index is 0.0630. The van der Waals surface area contributed by atoms with Crippen LogP contribution in [0.1, 0.15) is 31.2 Å². The van der Waals surface area contributed by atoms with E-state index in [0.717, 1.165) is 38.8 Å². The third kappa shape index (κ3) is 6.21. The van der Waals surface area contributed by atoms with Crippen molar-refractivity contribution in [2.45, 2.75) is 32.3 Å². The Balaban J connectivity index is 1.85. The second-order valence-corrected chi connectivity index (χ2v) is 5.59. The summed E-state index contributed by atoms with van der Waals surface area (Å²) in [6.45, 7) is -1.54. The first-order chi connectivity index (χ1) is 12.1. The molecule has 0 spiro atoms. The molecule has 0 aliphatic carbocycles. The van der Waals surface area contributed by atoms with Crippen molar-refractivity contribution in [3.8, 4) is 11.5 Å². The van der Waals surface area contributed by atoms with Crippen molar-refractivity contribution in [3.63, 3.8) is 0 Å². The van der Waals surface area contributed by atoms with Crippen LogP contribution in [0.3, 0.4) is 0 Å². The van der Waals surface area contributed by atoms with E-state index in [0.29, 0.717) is 5.56 Å². The summed E-state index contributed by atoms with van der Waals surface area (Å²) < 4.78 is 33.9. The number of oxime groups is 1. The van der Waals surface area contributed by atoms with E-state index < -0.39 is 6.61 Å². The quantitative estimate of drug-likeness (QED) is 0.557. The van der Waals surface area contributed by atoms with E-state index in [2.05, 4.69) is 9.89 Å². The van der Waals surface area contributed by atoms with Crippen molar-refractivity contribution >= 4 is 12.1 Å². The number of hydrogen-bond acceptors (Lipinski definition) is 5. The van der Waals surface area contributed by atoms with Gasteiger partial charge in [-0.2, -0.15) is 8.78 Å². The number of hydrogen-bond donors (Lipinski definition) is 0. The minimum Gasteiger partial charge on any atom is -0.493 e. The molecule has 8 heteroatoms. The van der Waals surface area contributed by atoms with Gasteiger partial charge >= 0.3 is 6.61 Å². The van der Waals surface area contributed by atoms with Crippen LogP contribution in [-0.2, 0) is 9.63 Å². The molecule has 138 valence electrons. The molecule has 1 heterocycles.